The molecule has 1 aliphatic rings. The number of hydrogen-bond donors (Lipinski definition) is 2. The van der Waals surface area contributed by atoms with Crippen LogP contribution >= 0.6 is 0 Å². The second-order valence-electron chi connectivity index (χ2n) is 5.07. The van der Waals surface area contributed by atoms with Gasteiger partial charge in [0.1, 0.15) is 6.10 Å². The molecule has 2 atom stereocenters. The number of aliphatic hydroxyl groups is 1. The van der Waals surface area contributed by atoms with E-state index in [1.165, 1.54) is 0 Å². The molecule has 4 heteroatoms. The van der Waals surface area contributed by atoms with Gasteiger partial charge in [-0.3, -0.25) is 4.79 Å². The third-order valence-corrected chi connectivity index (χ3v) is 3.56. The maximum Gasteiger partial charge on any atom is 0.249 e. The lowest BCUT2D eigenvalue weighted by atomic mass is 10.0. The predicted molar refractivity (Wildman–Crippen MR) is 72.6 cm³/mol. The van der Waals surface area contributed by atoms with Gasteiger partial charge in [-0.25, -0.2) is 0 Å². The number of benzene rings is 1. The third kappa shape index (κ3) is 3.78. The van der Waals surface area contributed by atoms with Crippen LogP contribution in [-0.2, 0) is 22.6 Å². The Kier molecular flexibility index (Phi) is 4.93. The van der Waals surface area contributed by atoms with Gasteiger partial charge in [-0.2, -0.15) is 0 Å². The molecule has 0 spiro atoms. The molecule has 0 aromatic heterocycles. The number of hydrogen-bond acceptors (Lipinski definition) is 3. The molecular weight excluding hydrogens is 242 g/mol. The molecule has 0 radical (unpaired) electrons. The van der Waals surface area contributed by atoms with Gasteiger partial charge >= 0.3 is 0 Å². The molecule has 4 nitrogen and oxygen atoms in total. The molecule has 1 saturated heterocycles. The molecule has 0 bridgehead atoms. The lowest BCUT2D eigenvalue weighted by Gasteiger charge is -2.14. The highest BCUT2D eigenvalue weighted by atomic mass is 16.5. The van der Waals surface area contributed by atoms with Gasteiger partial charge in [-0.05, 0) is 29.9 Å². The average molecular weight is 263 g/mol. The summed E-state index contributed by atoms with van der Waals surface area (Å²) in [6.07, 6.45) is 1.47. The van der Waals surface area contributed by atoms with E-state index in [0.29, 0.717) is 19.1 Å². The summed E-state index contributed by atoms with van der Waals surface area (Å²) in [4.78, 5) is 11.9. The van der Waals surface area contributed by atoms with E-state index in [2.05, 4.69) is 5.32 Å². The molecule has 2 unspecified atom stereocenters. The summed E-state index contributed by atoms with van der Waals surface area (Å²) in [5.74, 6) is 0.306. The fourth-order valence-corrected chi connectivity index (χ4v) is 2.27. The maximum absolute atomic E-state index is 11.9. The number of carbonyl (C=O) groups excluding carboxylic acids is 1. The van der Waals surface area contributed by atoms with Crippen molar-refractivity contribution in [3.8, 4) is 0 Å². The number of carbonyl (C=O) groups is 1. The molecule has 1 amide bonds. The summed E-state index contributed by atoms with van der Waals surface area (Å²) < 4.78 is 5.42. The van der Waals surface area contributed by atoms with Crippen LogP contribution < -0.4 is 5.32 Å². The minimum Gasteiger partial charge on any atom is -0.392 e. The number of amides is 1. The van der Waals surface area contributed by atoms with Crippen LogP contribution in [0.2, 0.25) is 0 Å². The van der Waals surface area contributed by atoms with Gasteiger partial charge in [0.05, 0.1) is 6.61 Å². The summed E-state index contributed by atoms with van der Waals surface area (Å²) in [6.45, 7) is 3.41. The van der Waals surface area contributed by atoms with Gasteiger partial charge in [-0.15, -0.1) is 0 Å². The minimum absolute atomic E-state index is 0.00280. The second-order valence-corrected chi connectivity index (χ2v) is 5.07. The smallest absolute Gasteiger partial charge is 0.249 e. The monoisotopic (exact) mass is 263 g/mol. The van der Waals surface area contributed by atoms with Gasteiger partial charge in [0.15, 0.2) is 0 Å². The van der Waals surface area contributed by atoms with Crippen molar-refractivity contribution in [1.29, 1.82) is 0 Å². The average Bonchev–Trinajstić information content (AvgIpc) is 2.86. The van der Waals surface area contributed by atoms with E-state index in [-0.39, 0.29) is 18.6 Å². The molecule has 1 heterocycles. The molecule has 2 rings (SSSR count). The van der Waals surface area contributed by atoms with E-state index < -0.39 is 0 Å². The van der Waals surface area contributed by atoms with E-state index in [1.54, 1.807) is 0 Å². The van der Waals surface area contributed by atoms with Crippen LogP contribution in [0.15, 0.2) is 24.3 Å². The first-order valence-electron chi connectivity index (χ1n) is 6.78. The molecule has 2 N–H and O–H groups in total. The quantitative estimate of drug-likeness (QED) is 0.841. The maximum atomic E-state index is 11.9. The van der Waals surface area contributed by atoms with Crippen LogP contribution in [0, 0.1) is 5.92 Å². The van der Waals surface area contributed by atoms with Gasteiger partial charge in [-0.1, -0.05) is 31.2 Å². The first-order valence-corrected chi connectivity index (χ1v) is 6.78. The van der Waals surface area contributed by atoms with Crippen LogP contribution in [0.1, 0.15) is 24.5 Å². The molecule has 1 fully saturated rings. The first-order chi connectivity index (χ1) is 9.20. The van der Waals surface area contributed by atoms with E-state index in [9.17, 15) is 4.79 Å². The number of rotatable bonds is 5. The largest absolute Gasteiger partial charge is 0.392 e. The lowest BCUT2D eigenvalue weighted by molar-refractivity contribution is -0.131. The van der Waals surface area contributed by atoms with Crippen molar-refractivity contribution in [3.05, 3.63) is 35.4 Å². The molecule has 1 aromatic rings. The van der Waals surface area contributed by atoms with Crippen molar-refractivity contribution in [2.75, 3.05) is 13.2 Å². The second kappa shape index (κ2) is 6.68. The minimum atomic E-state index is -0.281. The Labute approximate surface area is 113 Å². The zero-order chi connectivity index (χ0) is 13.7. The van der Waals surface area contributed by atoms with E-state index >= 15 is 0 Å². The summed E-state index contributed by atoms with van der Waals surface area (Å²) in [7, 11) is 0. The van der Waals surface area contributed by atoms with Gasteiger partial charge in [0.2, 0.25) is 5.91 Å². The number of aliphatic hydroxyl groups excluding tert-OH is 1. The van der Waals surface area contributed by atoms with Gasteiger partial charge in [0, 0.05) is 13.2 Å². The molecular formula is C15H21NO3. The van der Waals surface area contributed by atoms with Gasteiger partial charge < -0.3 is 15.2 Å². The molecule has 1 aromatic carbocycles. The van der Waals surface area contributed by atoms with E-state index in [0.717, 1.165) is 24.0 Å². The van der Waals surface area contributed by atoms with Crippen LogP contribution in [0.3, 0.4) is 0 Å². The van der Waals surface area contributed by atoms with Crippen LogP contribution in [-0.4, -0.2) is 30.3 Å². The molecule has 104 valence electrons. The van der Waals surface area contributed by atoms with Crippen molar-refractivity contribution < 1.29 is 14.6 Å². The highest BCUT2D eigenvalue weighted by molar-refractivity contribution is 5.81. The van der Waals surface area contributed by atoms with Crippen molar-refractivity contribution in [3.63, 3.8) is 0 Å². The zero-order valence-electron chi connectivity index (χ0n) is 11.3. The fourth-order valence-electron chi connectivity index (χ4n) is 2.27. The lowest BCUT2D eigenvalue weighted by Crippen LogP contribution is -2.38. The molecule has 1 aliphatic heterocycles. The Balaban J connectivity index is 1.75. The summed E-state index contributed by atoms with van der Waals surface area (Å²) in [5, 5.41) is 11.9. The highest BCUT2D eigenvalue weighted by Gasteiger charge is 2.30. The molecule has 0 aliphatic carbocycles. The Hall–Kier alpha value is -1.39. The van der Waals surface area contributed by atoms with Crippen LogP contribution in [0.25, 0.3) is 0 Å². The molecule has 19 heavy (non-hydrogen) atoms. The Bertz CT molecular complexity index is 416. The summed E-state index contributed by atoms with van der Waals surface area (Å²) >= 11 is 0. The van der Waals surface area contributed by atoms with E-state index in [4.69, 9.17) is 9.84 Å². The number of ether oxygens (including phenoxy) is 1. The summed E-state index contributed by atoms with van der Waals surface area (Å²) in [6, 6.07) is 7.76. The Morgan fingerprint density at radius 2 is 2.05 bits per heavy atom. The first kappa shape index (κ1) is 14.0. The fraction of sp³-hybridized carbons (Fsp3) is 0.533. The Morgan fingerprint density at radius 1 is 1.37 bits per heavy atom. The van der Waals surface area contributed by atoms with Crippen LogP contribution in [0.4, 0.5) is 0 Å². The van der Waals surface area contributed by atoms with Crippen molar-refractivity contribution >= 4 is 5.91 Å². The SMILES string of the molecule is CC1CCOC1C(=O)NCCc1ccc(CO)cc1. The highest BCUT2D eigenvalue weighted by Crippen LogP contribution is 2.19. The Morgan fingerprint density at radius 3 is 2.63 bits per heavy atom. The van der Waals surface area contributed by atoms with Crippen molar-refractivity contribution in [2.24, 2.45) is 5.92 Å². The van der Waals surface area contributed by atoms with Gasteiger partial charge in [0.25, 0.3) is 0 Å². The standard InChI is InChI=1S/C15H21NO3/c1-11-7-9-19-14(11)15(18)16-8-6-12-2-4-13(10-17)5-3-12/h2-5,11,14,17H,6-10H2,1H3,(H,16,18). The summed E-state index contributed by atoms with van der Waals surface area (Å²) in [5.41, 5.74) is 2.05. The normalized spacial score (nSPS) is 22.4. The third-order valence-electron chi connectivity index (χ3n) is 3.56. The van der Waals surface area contributed by atoms with E-state index in [1.807, 2.05) is 31.2 Å². The van der Waals surface area contributed by atoms with Crippen LogP contribution in [0.5, 0.6) is 0 Å². The number of nitrogens with one attached hydrogen (secondary N) is 1. The van der Waals surface area contributed by atoms with Crippen molar-refractivity contribution in [1.82, 2.24) is 5.32 Å². The predicted octanol–water partition coefficient (Wildman–Crippen LogP) is 1.26. The zero-order valence-corrected chi connectivity index (χ0v) is 11.3. The topological polar surface area (TPSA) is 58.6 Å². The molecule has 0 saturated carbocycles. The van der Waals surface area contributed by atoms with Crippen molar-refractivity contribution in [2.45, 2.75) is 32.5 Å².